The fourth-order valence-electron chi connectivity index (χ4n) is 3.57. The SMILES string of the molecule is CC(C(=O)Cc1ccc(C2CCCNC2)cc1)c1cccc(OC(F)(F)F)c1. The second-order valence-electron chi connectivity index (χ2n) is 7.27. The zero-order valence-electron chi connectivity index (χ0n) is 15.8. The van der Waals surface area contributed by atoms with Crippen molar-refractivity contribution in [3.8, 4) is 5.75 Å². The Labute approximate surface area is 162 Å². The number of benzene rings is 2. The minimum absolute atomic E-state index is 0.0451. The second kappa shape index (κ2) is 8.78. The Balaban J connectivity index is 1.63. The Kier molecular flexibility index (Phi) is 6.39. The summed E-state index contributed by atoms with van der Waals surface area (Å²) in [5.41, 5.74) is 2.69. The molecule has 3 nitrogen and oxygen atoms in total. The molecule has 0 aromatic heterocycles. The average Bonchev–Trinajstić information content (AvgIpc) is 2.67. The average molecular weight is 391 g/mol. The topological polar surface area (TPSA) is 38.3 Å². The molecule has 1 N–H and O–H groups in total. The number of ketones is 1. The Morgan fingerprint density at radius 1 is 1.21 bits per heavy atom. The highest BCUT2D eigenvalue weighted by molar-refractivity contribution is 5.87. The van der Waals surface area contributed by atoms with Crippen molar-refractivity contribution < 1.29 is 22.7 Å². The number of ether oxygens (including phenoxy) is 1. The van der Waals surface area contributed by atoms with Crippen LogP contribution in [0.25, 0.3) is 0 Å². The molecule has 0 saturated carbocycles. The molecular formula is C22H24F3NO2. The summed E-state index contributed by atoms with van der Waals surface area (Å²) in [4.78, 5) is 12.6. The summed E-state index contributed by atoms with van der Waals surface area (Å²) in [6, 6.07) is 13.7. The van der Waals surface area contributed by atoms with Crippen molar-refractivity contribution in [1.29, 1.82) is 0 Å². The minimum atomic E-state index is -4.75. The largest absolute Gasteiger partial charge is 0.573 e. The maximum Gasteiger partial charge on any atom is 0.573 e. The molecule has 28 heavy (non-hydrogen) atoms. The molecule has 0 amide bonds. The van der Waals surface area contributed by atoms with Gasteiger partial charge in [0.05, 0.1) is 0 Å². The van der Waals surface area contributed by atoms with Gasteiger partial charge in [-0.2, -0.15) is 0 Å². The van der Waals surface area contributed by atoms with Gasteiger partial charge in [-0.05, 0) is 54.1 Å². The zero-order valence-corrected chi connectivity index (χ0v) is 15.8. The molecular weight excluding hydrogens is 367 g/mol. The number of carbonyl (C=O) groups excluding carboxylic acids is 1. The van der Waals surface area contributed by atoms with Crippen molar-refractivity contribution in [3.05, 3.63) is 65.2 Å². The maximum absolute atomic E-state index is 12.6. The normalized spacial score (nSPS) is 18.5. The predicted octanol–water partition coefficient (Wildman–Crippen LogP) is 4.97. The Morgan fingerprint density at radius 2 is 1.96 bits per heavy atom. The molecule has 2 unspecified atom stereocenters. The molecule has 1 aliphatic heterocycles. The van der Waals surface area contributed by atoms with Crippen molar-refractivity contribution in [2.24, 2.45) is 0 Å². The standard InChI is InChI=1S/C22H24F3NO2/c1-15(18-4-2-6-20(13-18)28-22(23,24)25)21(27)12-16-7-9-17(10-8-16)19-5-3-11-26-14-19/h2,4,6-10,13,15,19,26H,3,5,11-12,14H2,1H3. The van der Waals surface area contributed by atoms with E-state index in [4.69, 9.17) is 0 Å². The summed E-state index contributed by atoms with van der Waals surface area (Å²) < 4.78 is 41.1. The van der Waals surface area contributed by atoms with E-state index >= 15 is 0 Å². The molecule has 0 spiro atoms. The van der Waals surface area contributed by atoms with Gasteiger partial charge in [0.25, 0.3) is 0 Å². The molecule has 2 aromatic rings. The molecule has 2 atom stereocenters. The molecule has 150 valence electrons. The summed E-state index contributed by atoms with van der Waals surface area (Å²) in [6.45, 7) is 3.75. The third kappa shape index (κ3) is 5.58. The van der Waals surface area contributed by atoms with E-state index in [1.54, 1.807) is 13.0 Å². The van der Waals surface area contributed by atoms with Crippen LogP contribution in [0, 0.1) is 0 Å². The number of nitrogens with one attached hydrogen (secondary N) is 1. The first kappa shape index (κ1) is 20.4. The van der Waals surface area contributed by atoms with Gasteiger partial charge in [-0.25, -0.2) is 0 Å². The summed E-state index contributed by atoms with van der Waals surface area (Å²) in [7, 11) is 0. The van der Waals surface area contributed by atoms with E-state index in [-0.39, 0.29) is 18.0 Å². The highest BCUT2D eigenvalue weighted by Crippen LogP contribution is 2.28. The van der Waals surface area contributed by atoms with Crippen LogP contribution in [0.1, 0.15) is 48.3 Å². The number of hydrogen-bond acceptors (Lipinski definition) is 3. The number of halogens is 3. The van der Waals surface area contributed by atoms with Crippen LogP contribution in [-0.4, -0.2) is 25.2 Å². The molecule has 2 aromatic carbocycles. The van der Waals surface area contributed by atoms with Gasteiger partial charge in [-0.1, -0.05) is 43.3 Å². The van der Waals surface area contributed by atoms with Crippen molar-refractivity contribution in [2.75, 3.05) is 13.1 Å². The number of hydrogen-bond donors (Lipinski definition) is 1. The van der Waals surface area contributed by atoms with E-state index in [2.05, 4.69) is 22.2 Å². The van der Waals surface area contributed by atoms with Crippen LogP contribution in [0.5, 0.6) is 5.75 Å². The van der Waals surface area contributed by atoms with E-state index in [1.165, 1.54) is 36.6 Å². The van der Waals surface area contributed by atoms with Gasteiger partial charge in [-0.15, -0.1) is 13.2 Å². The molecule has 1 fully saturated rings. The van der Waals surface area contributed by atoms with Crippen molar-refractivity contribution in [2.45, 2.75) is 44.4 Å². The smallest absolute Gasteiger partial charge is 0.406 e. The quantitative estimate of drug-likeness (QED) is 0.756. The number of Topliss-reactive ketones (excluding diaryl/α,β-unsaturated/α-hetero) is 1. The van der Waals surface area contributed by atoms with Crippen molar-refractivity contribution >= 4 is 5.78 Å². The van der Waals surface area contributed by atoms with Gasteiger partial charge < -0.3 is 10.1 Å². The lowest BCUT2D eigenvalue weighted by molar-refractivity contribution is -0.274. The van der Waals surface area contributed by atoms with Crippen LogP contribution < -0.4 is 10.1 Å². The highest BCUT2D eigenvalue weighted by Gasteiger charge is 2.31. The third-order valence-electron chi connectivity index (χ3n) is 5.20. The molecule has 1 aliphatic rings. The van der Waals surface area contributed by atoms with E-state index in [9.17, 15) is 18.0 Å². The van der Waals surface area contributed by atoms with Crippen molar-refractivity contribution in [1.82, 2.24) is 5.32 Å². The minimum Gasteiger partial charge on any atom is -0.406 e. The summed E-state index contributed by atoms with van der Waals surface area (Å²) in [5, 5.41) is 3.40. The van der Waals surface area contributed by atoms with Gasteiger partial charge in [0.15, 0.2) is 0 Å². The fraction of sp³-hybridized carbons (Fsp3) is 0.409. The monoisotopic (exact) mass is 391 g/mol. The highest BCUT2D eigenvalue weighted by atomic mass is 19.4. The fourth-order valence-corrected chi connectivity index (χ4v) is 3.57. The van der Waals surface area contributed by atoms with Gasteiger partial charge in [0.2, 0.25) is 0 Å². The number of alkyl halides is 3. The molecule has 0 radical (unpaired) electrons. The molecule has 0 aliphatic carbocycles. The summed E-state index contributed by atoms with van der Waals surface area (Å²) in [5.74, 6) is -0.362. The second-order valence-corrected chi connectivity index (χ2v) is 7.27. The van der Waals surface area contributed by atoms with Gasteiger partial charge in [-0.3, -0.25) is 4.79 Å². The first-order valence-electron chi connectivity index (χ1n) is 9.50. The van der Waals surface area contributed by atoms with E-state index in [0.29, 0.717) is 11.5 Å². The number of piperidine rings is 1. The van der Waals surface area contributed by atoms with E-state index < -0.39 is 12.3 Å². The van der Waals surface area contributed by atoms with Crippen LogP contribution >= 0.6 is 0 Å². The lowest BCUT2D eigenvalue weighted by atomic mass is 9.89. The third-order valence-corrected chi connectivity index (χ3v) is 5.20. The molecule has 0 bridgehead atoms. The Morgan fingerprint density at radius 3 is 2.61 bits per heavy atom. The van der Waals surface area contributed by atoms with Gasteiger partial charge in [0.1, 0.15) is 11.5 Å². The first-order valence-corrected chi connectivity index (χ1v) is 9.50. The van der Waals surface area contributed by atoms with E-state index in [0.717, 1.165) is 18.7 Å². The predicted molar refractivity (Wildman–Crippen MR) is 102 cm³/mol. The lowest BCUT2D eigenvalue weighted by Gasteiger charge is -2.23. The molecule has 6 heteroatoms. The first-order chi connectivity index (χ1) is 13.3. The molecule has 1 saturated heterocycles. The molecule has 1 heterocycles. The lowest BCUT2D eigenvalue weighted by Crippen LogP contribution is -2.28. The zero-order chi connectivity index (χ0) is 20.1. The van der Waals surface area contributed by atoms with Crippen LogP contribution in [0.2, 0.25) is 0 Å². The van der Waals surface area contributed by atoms with Crippen LogP contribution in [0.15, 0.2) is 48.5 Å². The van der Waals surface area contributed by atoms with Crippen LogP contribution in [0.3, 0.4) is 0 Å². The molecule has 3 rings (SSSR count). The van der Waals surface area contributed by atoms with Gasteiger partial charge >= 0.3 is 6.36 Å². The number of rotatable bonds is 6. The van der Waals surface area contributed by atoms with Gasteiger partial charge in [0, 0.05) is 18.9 Å². The van der Waals surface area contributed by atoms with E-state index in [1.807, 2.05) is 12.1 Å². The van der Waals surface area contributed by atoms with Crippen molar-refractivity contribution in [3.63, 3.8) is 0 Å². The van der Waals surface area contributed by atoms with Crippen LogP contribution in [0.4, 0.5) is 13.2 Å². The Bertz CT molecular complexity index is 796. The Hall–Kier alpha value is -2.34. The van der Waals surface area contributed by atoms with Crippen LogP contribution in [-0.2, 0) is 11.2 Å². The number of carbonyl (C=O) groups is 1. The summed E-state index contributed by atoms with van der Waals surface area (Å²) >= 11 is 0. The summed E-state index contributed by atoms with van der Waals surface area (Å²) in [6.07, 6.45) is -2.17. The maximum atomic E-state index is 12.6.